The number of anilines is 1. The van der Waals surface area contributed by atoms with Gasteiger partial charge in [0.2, 0.25) is 0 Å². The molecule has 16 heavy (non-hydrogen) atoms. The van der Waals surface area contributed by atoms with Crippen LogP contribution in [0.2, 0.25) is 0 Å². The second-order valence-corrected chi connectivity index (χ2v) is 3.58. The number of aromatic nitrogens is 1. The first-order valence-corrected chi connectivity index (χ1v) is 5.17. The molecule has 1 aromatic heterocycles. The highest BCUT2D eigenvalue weighted by molar-refractivity contribution is 9.10. The lowest BCUT2D eigenvalue weighted by molar-refractivity contribution is 0.0507. The van der Waals surface area contributed by atoms with Crippen molar-refractivity contribution in [1.82, 2.24) is 4.98 Å². The van der Waals surface area contributed by atoms with Gasteiger partial charge in [0.15, 0.2) is 5.69 Å². The smallest absolute Gasteiger partial charge is 0.357 e. The third-order valence-electron chi connectivity index (χ3n) is 1.74. The maximum absolute atomic E-state index is 12.6. The summed E-state index contributed by atoms with van der Waals surface area (Å²) in [5.41, 5.74) is 4.50. The van der Waals surface area contributed by atoms with Crippen molar-refractivity contribution in [3.63, 3.8) is 0 Å². The Labute approximate surface area is 98.9 Å². The van der Waals surface area contributed by atoms with E-state index >= 15 is 0 Å². The molecule has 0 fully saturated rings. The normalized spacial score (nSPS) is 10.6. The van der Waals surface area contributed by atoms with Crippen molar-refractivity contribution in [2.45, 2.75) is 13.3 Å². The third-order valence-corrected chi connectivity index (χ3v) is 2.37. The third kappa shape index (κ3) is 2.66. The number of hydrogen-bond donors (Lipinski definition) is 1. The van der Waals surface area contributed by atoms with Gasteiger partial charge in [-0.25, -0.2) is 18.6 Å². The summed E-state index contributed by atoms with van der Waals surface area (Å²) >= 11 is 2.96. The second-order valence-electron chi connectivity index (χ2n) is 2.83. The number of halogens is 3. The Kier molecular flexibility index (Phi) is 4.17. The standard InChI is InChI=1S/C9H9BrF2N2O2/c1-2-16-9(15)6-4(8(11)12)3-5(13)7(10)14-6/h3,8H,2,13H2,1H3. The molecular weight excluding hydrogens is 286 g/mol. The van der Waals surface area contributed by atoms with Crippen molar-refractivity contribution in [2.24, 2.45) is 0 Å². The highest BCUT2D eigenvalue weighted by Gasteiger charge is 2.22. The van der Waals surface area contributed by atoms with E-state index in [1.54, 1.807) is 6.92 Å². The molecule has 1 rings (SSSR count). The molecule has 0 spiro atoms. The Morgan fingerprint density at radius 3 is 2.81 bits per heavy atom. The molecule has 88 valence electrons. The lowest BCUT2D eigenvalue weighted by atomic mass is 10.2. The Bertz CT molecular complexity index is 413. The minimum Gasteiger partial charge on any atom is -0.461 e. The molecule has 1 heterocycles. The molecule has 0 aliphatic heterocycles. The van der Waals surface area contributed by atoms with Crippen molar-refractivity contribution >= 4 is 27.6 Å². The molecule has 0 saturated heterocycles. The predicted octanol–water partition coefficient (Wildman–Crippen LogP) is 2.54. The van der Waals surface area contributed by atoms with Crippen LogP contribution in [0.1, 0.15) is 29.4 Å². The number of carbonyl (C=O) groups is 1. The van der Waals surface area contributed by atoms with Crippen molar-refractivity contribution in [1.29, 1.82) is 0 Å². The molecule has 2 N–H and O–H groups in total. The monoisotopic (exact) mass is 294 g/mol. The van der Waals surface area contributed by atoms with Crippen molar-refractivity contribution in [3.05, 3.63) is 21.9 Å². The van der Waals surface area contributed by atoms with Gasteiger partial charge in [-0.05, 0) is 28.9 Å². The van der Waals surface area contributed by atoms with Crippen LogP contribution in [0.3, 0.4) is 0 Å². The summed E-state index contributed by atoms with van der Waals surface area (Å²) in [4.78, 5) is 15.0. The van der Waals surface area contributed by atoms with Crippen LogP contribution in [0.15, 0.2) is 10.7 Å². The van der Waals surface area contributed by atoms with E-state index in [-0.39, 0.29) is 16.9 Å². The number of hydrogen-bond acceptors (Lipinski definition) is 4. The van der Waals surface area contributed by atoms with Crippen molar-refractivity contribution in [2.75, 3.05) is 12.3 Å². The topological polar surface area (TPSA) is 65.2 Å². The maximum Gasteiger partial charge on any atom is 0.357 e. The lowest BCUT2D eigenvalue weighted by Crippen LogP contribution is -2.12. The molecule has 0 unspecified atom stereocenters. The molecule has 0 saturated carbocycles. The number of esters is 1. The van der Waals surface area contributed by atoms with E-state index in [1.165, 1.54) is 0 Å². The van der Waals surface area contributed by atoms with E-state index in [9.17, 15) is 13.6 Å². The van der Waals surface area contributed by atoms with Crippen LogP contribution in [0.25, 0.3) is 0 Å². The molecule has 1 aromatic rings. The van der Waals surface area contributed by atoms with Crippen LogP contribution in [-0.2, 0) is 4.74 Å². The molecule has 0 bridgehead atoms. The molecule has 0 aliphatic rings. The van der Waals surface area contributed by atoms with E-state index in [0.29, 0.717) is 0 Å². The van der Waals surface area contributed by atoms with E-state index < -0.39 is 23.7 Å². The molecule has 0 radical (unpaired) electrons. The summed E-state index contributed by atoms with van der Waals surface area (Å²) in [6.07, 6.45) is -2.83. The van der Waals surface area contributed by atoms with E-state index in [2.05, 4.69) is 25.7 Å². The summed E-state index contributed by atoms with van der Waals surface area (Å²) in [5.74, 6) is -0.890. The predicted molar refractivity (Wildman–Crippen MR) is 57.3 cm³/mol. The van der Waals surface area contributed by atoms with Gasteiger partial charge in [0, 0.05) is 0 Å². The SMILES string of the molecule is CCOC(=O)c1nc(Br)c(N)cc1C(F)F. The van der Waals surface area contributed by atoms with Gasteiger partial charge in [0.05, 0.1) is 17.9 Å². The van der Waals surface area contributed by atoms with Crippen LogP contribution in [0.5, 0.6) is 0 Å². The number of nitrogens with zero attached hydrogens (tertiary/aromatic N) is 1. The average Bonchev–Trinajstić information content (AvgIpc) is 2.21. The summed E-state index contributed by atoms with van der Waals surface area (Å²) in [7, 11) is 0. The minimum absolute atomic E-state index is 0.0448. The summed E-state index contributed by atoms with van der Waals surface area (Å²) in [5, 5.41) is 0. The summed E-state index contributed by atoms with van der Waals surface area (Å²) in [6.45, 7) is 1.66. The van der Waals surface area contributed by atoms with E-state index in [0.717, 1.165) is 6.07 Å². The Hall–Kier alpha value is -1.24. The Balaban J connectivity index is 3.24. The summed E-state index contributed by atoms with van der Waals surface area (Å²) in [6, 6.07) is 1.01. The quantitative estimate of drug-likeness (QED) is 0.687. The van der Waals surface area contributed by atoms with Crippen LogP contribution in [0, 0.1) is 0 Å². The van der Waals surface area contributed by atoms with Gasteiger partial charge in [-0.15, -0.1) is 0 Å². The zero-order chi connectivity index (χ0) is 12.3. The van der Waals surface area contributed by atoms with E-state index in [1.807, 2.05) is 0 Å². The van der Waals surface area contributed by atoms with Crippen molar-refractivity contribution < 1.29 is 18.3 Å². The lowest BCUT2D eigenvalue weighted by Gasteiger charge is -2.09. The van der Waals surface area contributed by atoms with Crippen molar-refractivity contribution in [3.8, 4) is 0 Å². The molecular formula is C9H9BrF2N2O2. The largest absolute Gasteiger partial charge is 0.461 e. The zero-order valence-corrected chi connectivity index (χ0v) is 9.92. The van der Waals surface area contributed by atoms with Crippen LogP contribution in [-0.4, -0.2) is 17.6 Å². The van der Waals surface area contributed by atoms with Crippen LogP contribution >= 0.6 is 15.9 Å². The number of alkyl halides is 2. The number of carbonyl (C=O) groups excluding carboxylic acids is 1. The van der Waals surface area contributed by atoms with Gasteiger partial charge in [-0.2, -0.15) is 0 Å². The second kappa shape index (κ2) is 5.20. The number of ether oxygens (including phenoxy) is 1. The minimum atomic E-state index is -2.83. The summed E-state index contributed by atoms with van der Waals surface area (Å²) < 4.78 is 30.0. The molecule has 0 aliphatic carbocycles. The van der Waals surface area contributed by atoms with Gasteiger partial charge in [0.25, 0.3) is 6.43 Å². The van der Waals surface area contributed by atoms with Crippen LogP contribution < -0.4 is 5.73 Å². The average molecular weight is 295 g/mol. The van der Waals surface area contributed by atoms with E-state index in [4.69, 9.17) is 5.73 Å². The van der Waals surface area contributed by atoms with Gasteiger partial charge in [-0.1, -0.05) is 0 Å². The molecule has 7 heteroatoms. The first-order valence-electron chi connectivity index (χ1n) is 4.38. The van der Waals surface area contributed by atoms with Gasteiger partial charge >= 0.3 is 5.97 Å². The number of pyridine rings is 1. The fraction of sp³-hybridized carbons (Fsp3) is 0.333. The Morgan fingerprint density at radius 2 is 2.31 bits per heavy atom. The van der Waals surface area contributed by atoms with Gasteiger partial charge < -0.3 is 10.5 Å². The number of nitrogens with two attached hydrogens (primary N) is 1. The van der Waals surface area contributed by atoms with Gasteiger partial charge in [-0.3, -0.25) is 0 Å². The fourth-order valence-corrected chi connectivity index (χ4v) is 1.34. The molecule has 0 aromatic carbocycles. The Morgan fingerprint density at radius 1 is 1.69 bits per heavy atom. The fourth-order valence-electron chi connectivity index (χ4n) is 1.05. The molecule has 0 atom stereocenters. The molecule has 4 nitrogen and oxygen atoms in total. The number of rotatable bonds is 3. The van der Waals surface area contributed by atoms with Crippen LogP contribution in [0.4, 0.5) is 14.5 Å². The first kappa shape index (κ1) is 12.8. The highest BCUT2D eigenvalue weighted by Crippen LogP contribution is 2.28. The van der Waals surface area contributed by atoms with Gasteiger partial charge in [0.1, 0.15) is 4.60 Å². The highest BCUT2D eigenvalue weighted by atomic mass is 79.9. The first-order chi connectivity index (χ1) is 7.47. The maximum atomic E-state index is 12.6. The molecule has 0 amide bonds. The zero-order valence-electron chi connectivity index (χ0n) is 8.34. The number of nitrogen functional groups attached to an aromatic ring is 1.